The summed E-state index contributed by atoms with van der Waals surface area (Å²) in [5, 5.41) is 3.35. The molecule has 1 N–H and O–H groups in total. The number of benzene rings is 1. The molecule has 1 saturated heterocycles. The number of hydrogen-bond donors (Lipinski definition) is 1. The zero-order chi connectivity index (χ0) is 12.4. The first-order valence-corrected chi connectivity index (χ1v) is 6.56. The van der Waals surface area contributed by atoms with Gasteiger partial charge in [-0.3, -0.25) is 0 Å². The minimum absolute atomic E-state index is 0.178. The number of para-hydroxylation sites is 1. The molecule has 18 heavy (non-hydrogen) atoms. The second-order valence-electron chi connectivity index (χ2n) is 4.86. The number of nitrogens with one attached hydrogen (secondary N) is 1. The van der Waals surface area contributed by atoms with Crippen LogP contribution >= 0.6 is 0 Å². The molecule has 96 valence electrons. The molecule has 1 atom stereocenters. The number of piperidine rings is 1. The van der Waals surface area contributed by atoms with E-state index in [-0.39, 0.29) is 6.35 Å². The Balaban J connectivity index is 1.72. The van der Waals surface area contributed by atoms with Crippen LogP contribution in [0.3, 0.4) is 0 Å². The van der Waals surface area contributed by atoms with Gasteiger partial charge in [0.2, 0.25) is 6.35 Å². The highest BCUT2D eigenvalue weighted by Crippen LogP contribution is 2.25. The van der Waals surface area contributed by atoms with Crippen molar-refractivity contribution in [1.29, 1.82) is 0 Å². The second kappa shape index (κ2) is 5.08. The average Bonchev–Trinajstić information content (AvgIpc) is 2.43. The molecule has 0 amide bonds. The Bertz CT molecular complexity index is 440. The molecule has 1 aromatic rings. The van der Waals surface area contributed by atoms with E-state index in [0.717, 1.165) is 31.5 Å². The van der Waals surface area contributed by atoms with Crippen molar-refractivity contribution in [3.8, 4) is 0 Å². The summed E-state index contributed by atoms with van der Waals surface area (Å²) in [5.74, 6) is 0. The molecular weight excluding hydrogens is 226 g/mol. The number of hydrogen-bond acceptors (Lipinski definition) is 4. The number of aliphatic imine (C=N–C) groups is 1. The highest BCUT2D eigenvalue weighted by Gasteiger charge is 2.24. The summed E-state index contributed by atoms with van der Waals surface area (Å²) in [7, 11) is 2.04. The molecule has 0 saturated carbocycles. The van der Waals surface area contributed by atoms with Gasteiger partial charge in [-0.1, -0.05) is 18.2 Å². The lowest BCUT2D eigenvalue weighted by Crippen LogP contribution is -2.41. The predicted molar refractivity (Wildman–Crippen MR) is 73.2 cm³/mol. The molecule has 2 aliphatic rings. The highest BCUT2D eigenvalue weighted by molar-refractivity contribution is 5.89. The van der Waals surface area contributed by atoms with Crippen molar-refractivity contribution in [3.05, 3.63) is 29.8 Å². The maximum atomic E-state index is 6.09. The van der Waals surface area contributed by atoms with Crippen LogP contribution in [-0.4, -0.2) is 38.8 Å². The third-order valence-corrected chi connectivity index (χ3v) is 3.59. The van der Waals surface area contributed by atoms with Crippen LogP contribution in [0.1, 0.15) is 18.4 Å². The van der Waals surface area contributed by atoms with Gasteiger partial charge in [0, 0.05) is 24.5 Å². The van der Waals surface area contributed by atoms with Crippen LogP contribution in [0.15, 0.2) is 29.3 Å². The summed E-state index contributed by atoms with van der Waals surface area (Å²) in [6.45, 7) is 2.09. The molecule has 0 aromatic heterocycles. The Morgan fingerprint density at radius 1 is 1.28 bits per heavy atom. The number of rotatable bonds is 2. The van der Waals surface area contributed by atoms with Gasteiger partial charge in [-0.2, -0.15) is 0 Å². The van der Waals surface area contributed by atoms with E-state index in [1.807, 2.05) is 19.3 Å². The molecule has 0 aliphatic carbocycles. The molecule has 4 nitrogen and oxygen atoms in total. The SMILES string of the molecule is CN1c2ccccc2C=NC1OC1CCNCC1. The molecule has 4 heteroatoms. The van der Waals surface area contributed by atoms with Crippen molar-refractivity contribution in [1.82, 2.24) is 5.32 Å². The van der Waals surface area contributed by atoms with Gasteiger partial charge in [-0.05, 0) is 32.0 Å². The average molecular weight is 245 g/mol. The van der Waals surface area contributed by atoms with E-state index >= 15 is 0 Å². The number of anilines is 1. The Morgan fingerprint density at radius 3 is 2.89 bits per heavy atom. The lowest BCUT2D eigenvalue weighted by atomic mass is 10.1. The summed E-state index contributed by atoms with van der Waals surface area (Å²) >= 11 is 0. The predicted octanol–water partition coefficient (Wildman–Crippen LogP) is 1.61. The standard InChI is InChI=1S/C14H19N3O/c1-17-13-5-3-2-4-11(13)10-16-14(17)18-12-6-8-15-9-7-12/h2-5,10,12,14-15H,6-9H2,1H3. The molecule has 1 aromatic carbocycles. The first-order chi connectivity index (χ1) is 8.84. The topological polar surface area (TPSA) is 36.9 Å². The fourth-order valence-electron chi connectivity index (χ4n) is 2.51. The van der Waals surface area contributed by atoms with Gasteiger partial charge >= 0.3 is 0 Å². The molecule has 1 unspecified atom stereocenters. The van der Waals surface area contributed by atoms with Crippen LogP contribution in [0, 0.1) is 0 Å². The third-order valence-electron chi connectivity index (χ3n) is 3.59. The third kappa shape index (κ3) is 2.26. The van der Waals surface area contributed by atoms with Crippen LogP contribution in [0.5, 0.6) is 0 Å². The lowest BCUT2D eigenvalue weighted by Gasteiger charge is -2.34. The fraction of sp³-hybridized carbons (Fsp3) is 0.500. The van der Waals surface area contributed by atoms with Crippen LogP contribution in [0.25, 0.3) is 0 Å². The molecule has 0 spiro atoms. The summed E-state index contributed by atoms with van der Waals surface area (Å²) in [6.07, 6.45) is 4.20. The van der Waals surface area contributed by atoms with Gasteiger partial charge in [0.1, 0.15) is 0 Å². The molecule has 2 heterocycles. The highest BCUT2D eigenvalue weighted by atomic mass is 16.5. The Hall–Kier alpha value is -1.39. The van der Waals surface area contributed by atoms with Gasteiger partial charge in [-0.15, -0.1) is 0 Å². The Morgan fingerprint density at radius 2 is 2.06 bits per heavy atom. The normalized spacial score (nSPS) is 24.1. The summed E-state index contributed by atoms with van der Waals surface area (Å²) in [6, 6.07) is 8.28. The maximum absolute atomic E-state index is 6.09. The largest absolute Gasteiger partial charge is 0.336 e. The van der Waals surface area contributed by atoms with Crippen LogP contribution < -0.4 is 10.2 Å². The minimum atomic E-state index is -0.178. The first-order valence-electron chi connectivity index (χ1n) is 6.56. The smallest absolute Gasteiger partial charge is 0.228 e. The lowest BCUT2D eigenvalue weighted by molar-refractivity contribution is -0.0210. The van der Waals surface area contributed by atoms with Crippen LogP contribution in [-0.2, 0) is 4.74 Å². The van der Waals surface area contributed by atoms with Crippen molar-refractivity contribution < 1.29 is 4.74 Å². The van der Waals surface area contributed by atoms with Crippen LogP contribution in [0.4, 0.5) is 5.69 Å². The fourth-order valence-corrected chi connectivity index (χ4v) is 2.51. The van der Waals surface area contributed by atoms with E-state index in [2.05, 4.69) is 33.4 Å². The van der Waals surface area contributed by atoms with Gasteiger partial charge < -0.3 is 15.0 Å². The molecule has 1 fully saturated rings. The van der Waals surface area contributed by atoms with Crippen molar-refractivity contribution in [2.75, 3.05) is 25.0 Å². The molecule has 2 aliphatic heterocycles. The maximum Gasteiger partial charge on any atom is 0.228 e. The van der Waals surface area contributed by atoms with Crippen molar-refractivity contribution in [3.63, 3.8) is 0 Å². The van der Waals surface area contributed by atoms with Gasteiger partial charge in [0.15, 0.2) is 0 Å². The summed E-state index contributed by atoms with van der Waals surface area (Å²) < 4.78 is 6.09. The quantitative estimate of drug-likeness (QED) is 0.860. The Kier molecular flexibility index (Phi) is 3.30. The number of nitrogens with zero attached hydrogens (tertiary/aromatic N) is 2. The first kappa shape index (κ1) is 11.7. The Labute approximate surface area is 108 Å². The van der Waals surface area contributed by atoms with Crippen molar-refractivity contribution in [2.45, 2.75) is 25.3 Å². The zero-order valence-corrected chi connectivity index (χ0v) is 10.7. The van der Waals surface area contributed by atoms with Crippen LogP contribution in [0.2, 0.25) is 0 Å². The second-order valence-corrected chi connectivity index (χ2v) is 4.86. The molecular formula is C14H19N3O. The number of fused-ring (bicyclic) bond motifs is 1. The van der Waals surface area contributed by atoms with E-state index in [1.165, 1.54) is 5.69 Å². The van der Waals surface area contributed by atoms with Gasteiger partial charge in [0.25, 0.3) is 0 Å². The summed E-state index contributed by atoms with van der Waals surface area (Å²) in [4.78, 5) is 6.61. The number of ether oxygens (including phenoxy) is 1. The van der Waals surface area contributed by atoms with Crippen molar-refractivity contribution in [2.24, 2.45) is 4.99 Å². The van der Waals surface area contributed by atoms with Gasteiger partial charge in [-0.25, -0.2) is 4.99 Å². The molecule has 0 bridgehead atoms. The molecule has 0 radical (unpaired) electrons. The van der Waals surface area contributed by atoms with E-state index in [0.29, 0.717) is 6.10 Å². The molecule has 3 rings (SSSR count). The minimum Gasteiger partial charge on any atom is -0.336 e. The zero-order valence-electron chi connectivity index (χ0n) is 10.7. The monoisotopic (exact) mass is 245 g/mol. The van der Waals surface area contributed by atoms with Crippen molar-refractivity contribution >= 4 is 11.9 Å². The van der Waals surface area contributed by atoms with E-state index in [1.54, 1.807) is 0 Å². The van der Waals surface area contributed by atoms with Gasteiger partial charge in [0.05, 0.1) is 6.10 Å². The van der Waals surface area contributed by atoms with E-state index < -0.39 is 0 Å². The van der Waals surface area contributed by atoms with E-state index in [9.17, 15) is 0 Å². The van der Waals surface area contributed by atoms with E-state index in [4.69, 9.17) is 4.74 Å². The summed E-state index contributed by atoms with van der Waals surface area (Å²) in [5.41, 5.74) is 2.34.